The van der Waals surface area contributed by atoms with E-state index in [-0.39, 0.29) is 5.41 Å². The van der Waals surface area contributed by atoms with Gasteiger partial charge in [0.15, 0.2) is 0 Å². The highest BCUT2D eigenvalue weighted by molar-refractivity contribution is 5.53. The highest BCUT2D eigenvalue weighted by Crippen LogP contribution is 2.38. The number of aromatic nitrogens is 3. The molecule has 21 heavy (non-hydrogen) atoms. The van der Waals surface area contributed by atoms with Crippen LogP contribution in [0.15, 0.2) is 22.9 Å². The Morgan fingerprint density at radius 3 is 2.81 bits per heavy atom. The minimum atomic E-state index is -0.134. The maximum absolute atomic E-state index is 6.03. The second-order valence-corrected chi connectivity index (χ2v) is 5.83. The van der Waals surface area contributed by atoms with Crippen molar-refractivity contribution in [3.05, 3.63) is 29.8 Å². The van der Waals surface area contributed by atoms with Crippen LogP contribution in [0.5, 0.6) is 0 Å². The standard InChI is InChI=1S/C16H22N4O/c1-2-12-7-6-10-18-13(12)14-19-15(21-20-14)16(11-17)8-4-3-5-9-16/h6-7,10H,2-5,8-9,11,17H2,1H3. The predicted molar refractivity (Wildman–Crippen MR) is 80.7 cm³/mol. The lowest BCUT2D eigenvalue weighted by molar-refractivity contribution is 0.220. The largest absolute Gasteiger partial charge is 0.338 e. The van der Waals surface area contributed by atoms with Crippen LogP contribution >= 0.6 is 0 Å². The van der Waals surface area contributed by atoms with E-state index in [1.807, 2.05) is 6.07 Å². The zero-order chi connectivity index (χ0) is 14.7. The van der Waals surface area contributed by atoms with E-state index in [1.54, 1.807) is 6.20 Å². The summed E-state index contributed by atoms with van der Waals surface area (Å²) in [5.41, 5.74) is 7.85. The van der Waals surface area contributed by atoms with Crippen molar-refractivity contribution in [2.45, 2.75) is 50.9 Å². The van der Waals surface area contributed by atoms with Crippen molar-refractivity contribution in [2.75, 3.05) is 6.54 Å². The van der Waals surface area contributed by atoms with Crippen molar-refractivity contribution in [2.24, 2.45) is 5.73 Å². The molecule has 1 aliphatic rings. The number of hydrogen-bond acceptors (Lipinski definition) is 5. The smallest absolute Gasteiger partial charge is 0.234 e. The average molecular weight is 286 g/mol. The first-order chi connectivity index (χ1) is 10.3. The van der Waals surface area contributed by atoms with Gasteiger partial charge in [0.2, 0.25) is 11.7 Å². The molecular weight excluding hydrogens is 264 g/mol. The number of hydrogen-bond donors (Lipinski definition) is 1. The third-order valence-electron chi connectivity index (χ3n) is 4.57. The third-order valence-corrected chi connectivity index (χ3v) is 4.57. The zero-order valence-electron chi connectivity index (χ0n) is 12.5. The molecule has 5 heteroatoms. The summed E-state index contributed by atoms with van der Waals surface area (Å²) in [6.07, 6.45) is 8.36. The lowest BCUT2D eigenvalue weighted by Gasteiger charge is -2.32. The maximum atomic E-state index is 6.03. The molecule has 3 rings (SSSR count). The number of nitrogens with two attached hydrogens (primary N) is 1. The number of nitrogens with zero attached hydrogens (tertiary/aromatic N) is 3. The molecule has 2 aromatic heterocycles. The molecule has 5 nitrogen and oxygen atoms in total. The van der Waals surface area contributed by atoms with Crippen LogP contribution in [0.3, 0.4) is 0 Å². The van der Waals surface area contributed by atoms with Gasteiger partial charge in [0, 0.05) is 12.7 Å². The Kier molecular flexibility index (Phi) is 4.01. The highest BCUT2D eigenvalue weighted by atomic mass is 16.5. The summed E-state index contributed by atoms with van der Waals surface area (Å²) in [6, 6.07) is 3.99. The van der Waals surface area contributed by atoms with Crippen LogP contribution in [-0.2, 0) is 11.8 Å². The number of pyridine rings is 1. The highest BCUT2D eigenvalue weighted by Gasteiger charge is 2.38. The Hall–Kier alpha value is -1.75. The van der Waals surface area contributed by atoms with Gasteiger partial charge in [-0.15, -0.1) is 0 Å². The van der Waals surface area contributed by atoms with Gasteiger partial charge in [0.1, 0.15) is 5.69 Å². The molecule has 1 aliphatic carbocycles. The topological polar surface area (TPSA) is 77.8 Å². The molecule has 0 spiro atoms. The van der Waals surface area contributed by atoms with Gasteiger partial charge in [-0.05, 0) is 30.9 Å². The van der Waals surface area contributed by atoms with Crippen LogP contribution in [0.25, 0.3) is 11.5 Å². The Balaban J connectivity index is 1.96. The second-order valence-electron chi connectivity index (χ2n) is 5.83. The molecule has 1 saturated carbocycles. The molecule has 2 N–H and O–H groups in total. The van der Waals surface area contributed by atoms with Gasteiger partial charge in [-0.3, -0.25) is 4.98 Å². The first kappa shape index (κ1) is 14.2. The summed E-state index contributed by atoms with van der Waals surface area (Å²) >= 11 is 0. The first-order valence-corrected chi connectivity index (χ1v) is 7.77. The molecule has 2 heterocycles. The first-order valence-electron chi connectivity index (χ1n) is 7.77. The van der Waals surface area contributed by atoms with Crippen LogP contribution < -0.4 is 5.73 Å². The fraction of sp³-hybridized carbons (Fsp3) is 0.562. The SMILES string of the molecule is CCc1cccnc1-c1noc(C2(CN)CCCCC2)n1. The summed E-state index contributed by atoms with van der Waals surface area (Å²) in [5.74, 6) is 1.27. The molecule has 0 aliphatic heterocycles. The lowest BCUT2D eigenvalue weighted by atomic mass is 9.74. The summed E-state index contributed by atoms with van der Waals surface area (Å²) in [6.45, 7) is 2.67. The summed E-state index contributed by atoms with van der Waals surface area (Å²) in [7, 11) is 0. The molecule has 0 atom stereocenters. The predicted octanol–water partition coefficient (Wildman–Crippen LogP) is 2.85. The quantitative estimate of drug-likeness (QED) is 0.935. The molecule has 0 saturated heterocycles. The van der Waals surface area contributed by atoms with Crippen molar-refractivity contribution in [3.63, 3.8) is 0 Å². The fourth-order valence-electron chi connectivity index (χ4n) is 3.19. The van der Waals surface area contributed by atoms with E-state index < -0.39 is 0 Å². The molecular formula is C16H22N4O. The molecule has 0 aromatic carbocycles. The van der Waals surface area contributed by atoms with Gasteiger partial charge in [0.25, 0.3) is 0 Å². The normalized spacial score (nSPS) is 17.8. The van der Waals surface area contributed by atoms with Gasteiger partial charge in [-0.1, -0.05) is 37.4 Å². The molecule has 0 radical (unpaired) electrons. The summed E-state index contributed by atoms with van der Waals surface area (Å²) < 4.78 is 5.57. The van der Waals surface area contributed by atoms with Gasteiger partial charge in [0.05, 0.1) is 5.41 Å². The van der Waals surface area contributed by atoms with Gasteiger partial charge in [-0.2, -0.15) is 4.98 Å². The van der Waals surface area contributed by atoms with Gasteiger partial charge >= 0.3 is 0 Å². The van der Waals surface area contributed by atoms with Gasteiger partial charge < -0.3 is 10.3 Å². The van der Waals surface area contributed by atoms with E-state index in [2.05, 4.69) is 28.1 Å². The van der Waals surface area contributed by atoms with E-state index >= 15 is 0 Å². The molecule has 112 valence electrons. The Labute approximate surface area is 125 Å². The summed E-state index contributed by atoms with van der Waals surface area (Å²) in [4.78, 5) is 9.05. The van der Waals surface area contributed by atoms with Crippen LogP contribution in [-0.4, -0.2) is 21.7 Å². The zero-order valence-corrected chi connectivity index (χ0v) is 12.5. The van der Waals surface area contributed by atoms with Crippen molar-refractivity contribution in [1.29, 1.82) is 0 Å². The molecule has 1 fully saturated rings. The second kappa shape index (κ2) is 5.93. The van der Waals surface area contributed by atoms with Crippen LogP contribution in [0, 0.1) is 0 Å². The average Bonchev–Trinajstić information content (AvgIpc) is 3.06. The molecule has 0 unspecified atom stereocenters. The third kappa shape index (κ3) is 2.58. The van der Waals surface area contributed by atoms with E-state index in [1.165, 1.54) is 19.3 Å². The summed E-state index contributed by atoms with van der Waals surface area (Å²) in [5, 5.41) is 4.16. The van der Waals surface area contributed by atoms with Crippen molar-refractivity contribution in [3.8, 4) is 11.5 Å². The number of aryl methyl sites for hydroxylation is 1. The van der Waals surface area contributed by atoms with E-state index in [0.717, 1.165) is 30.5 Å². The molecule has 2 aromatic rings. The molecule has 0 amide bonds. The van der Waals surface area contributed by atoms with Crippen LogP contribution in [0.4, 0.5) is 0 Å². The van der Waals surface area contributed by atoms with Crippen LogP contribution in [0.2, 0.25) is 0 Å². The van der Waals surface area contributed by atoms with E-state index in [9.17, 15) is 0 Å². The van der Waals surface area contributed by atoms with Crippen LogP contribution in [0.1, 0.15) is 50.5 Å². The maximum Gasteiger partial charge on any atom is 0.234 e. The van der Waals surface area contributed by atoms with Crippen molar-refractivity contribution < 1.29 is 4.52 Å². The lowest BCUT2D eigenvalue weighted by Crippen LogP contribution is -2.37. The minimum absolute atomic E-state index is 0.134. The fourth-order valence-corrected chi connectivity index (χ4v) is 3.19. The monoisotopic (exact) mass is 286 g/mol. The van der Waals surface area contributed by atoms with Crippen molar-refractivity contribution in [1.82, 2.24) is 15.1 Å². The van der Waals surface area contributed by atoms with E-state index in [0.29, 0.717) is 18.3 Å². The van der Waals surface area contributed by atoms with Crippen molar-refractivity contribution >= 4 is 0 Å². The minimum Gasteiger partial charge on any atom is -0.338 e. The number of rotatable bonds is 4. The Bertz CT molecular complexity index is 602. The Morgan fingerprint density at radius 2 is 2.10 bits per heavy atom. The molecule has 0 bridgehead atoms. The van der Waals surface area contributed by atoms with E-state index in [4.69, 9.17) is 10.3 Å². The Morgan fingerprint density at radius 1 is 1.29 bits per heavy atom. The van der Waals surface area contributed by atoms with Gasteiger partial charge in [-0.25, -0.2) is 0 Å².